The second-order valence-corrected chi connectivity index (χ2v) is 24.4. The molecule has 58 heavy (non-hydrogen) atoms. The molecule has 304 valence electrons. The first kappa shape index (κ1) is 39.5. The SMILES string of the molecule is CC(C)(C)c1cc2c3c(c1)N(c1cccc4c1C(C)(C)CCC4(C)C)c1c(ccc4c1C(C)(C)CCC4(C)C)B3c1c(oc3cc(C(C)(C)C)cc(C(C)(C)C)c13)O2. The van der Waals surface area contributed by atoms with Crippen LogP contribution in [0.1, 0.15) is 182 Å². The molecule has 4 aliphatic rings. The van der Waals surface area contributed by atoms with Gasteiger partial charge < -0.3 is 14.1 Å². The Bertz CT molecular complexity index is 2560. The third-order valence-corrected chi connectivity index (χ3v) is 15.1. The summed E-state index contributed by atoms with van der Waals surface area (Å²) < 4.78 is 14.3. The van der Waals surface area contributed by atoms with Crippen LogP contribution in [-0.2, 0) is 37.9 Å². The van der Waals surface area contributed by atoms with Crippen molar-refractivity contribution in [3.8, 4) is 11.7 Å². The molecule has 4 heteroatoms. The quantitative estimate of drug-likeness (QED) is 0.155. The van der Waals surface area contributed by atoms with E-state index in [0.29, 0.717) is 5.95 Å². The second-order valence-electron chi connectivity index (χ2n) is 24.4. The monoisotopic (exact) mass is 774 g/mol. The summed E-state index contributed by atoms with van der Waals surface area (Å²) in [6, 6.07) is 21.9. The predicted octanol–water partition coefficient (Wildman–Crippen LogP) is 13.4. The van der Waals surface area contributed by atoms with E-state index in [4.69, 9.17) is 9.15 Å². The van der Waals surface area contributed by atoms with Gasteiger partial charge in [-0.2, -0.15) is 0 Å². The number of nitrogens with zero attached hydrogens (tertiary/aromatic N) is 1. The Morgan fingerprint density at radius 2 is 1.14 bits per heavy atom. The Hall–Kier alpha value is -3.92. The van der Waals surface area contributed by atoms with E-state index >= 15 is 0 Å². The highest BCUT2D eigenvalue weighted by atomic mass is 16.6. The van der Waals surface area contributed by atoms with Gasteiger partial charge in [-0.3, -0.25) is 0 Å². The van der Waals surface area contributed by atoms with Crippen molar-refractivity contribution in [1.29, 1.82) is 0 Å². The van der Waals surface area contributed by atoms with Gasteiger partial charge in [0.15, 0.2) is 0 Å². The fourth-order valence-electron chi connectivity index (χ4n) is 11.2. The number of benzene rings is 4. The minimum atomic E-state index is -0.122. The Morgan fingerprint density at radius 1 is 0.569 bits per heavy atom. The number of furan rings is 1. The molecule has 1 aromatic heterocycles. The van der Waals surface area contributed by atoms with Crippen molar-refractivity contribution in [2.24, 2.45) is 0 Å². The molecule has 9 rings (SSSR count). The van der Waals surface area contributed by atoms with E-state index < -0.39 is 0 Å². The summed E-state index contributed by atoms with van der Waals surface area (Å²) in [5, 5.41) is 1.22. The van der Waals surface area contributed by atoms with Gasteiger partial charge in [-0.1, -0.05) is 148 Å². The standard InChI is InChI=1S/C54H68BNO2/c1-48(2,3)31-27-35(50(7,8)9)41-39(29-31)57-47-45(41)55-36-22-21-34-43(54(16,17)26-24-52(34,12)13)46(36)56(38-28-32(49(4,5)6)30-40(58-47)44(38)55)37-20-18-19-33-42(37)53(14,15)25-23-51(33,10)11/h18-22,27-30H,23-26H2,1-17H3. The molecule has 4 aromatic carbocycles. The zero-order valence-electron chi connectivity index (χ0n) is 38.9. The van der Waals surface area contributed by atoms with E-state index in [1.54, 1.807) is 0 Å². The third-order valence-electron chi connectivity index (χ3n) is 15.1. The maximum absolute atomic E-state index is 7.22. The fourth-order valence-corrected chi connectivity index (χ4v) is 11.2. The Kier molecular flexibility index (Phi) is 8.10. The molecule has 0 radical (unpaired) electrons. The zero-order chi connectivity index (χ0) is 42.1. The van der Waals surface area contributed by atoms with E-state index in [0.717, 1.165) is 24.2 Å². The Morgan fingerprint density at radius 3 is 1.74 bits per heavy atom. The highest BCUT2D eigenvalue weighted by molar-refractivity contribution is 7.00. The smallest absolute Gasteiger partial charge is 0.285 e. The average Bonchev–Trinajstić information content (AvgIpc) is 3.48. The number of ether oxygens (including phenoxy) is 1. The third kappa shape index (κ3) is 5.65. The molecule has 3 nitrogen and oxygen atoms in total. The molecule has 0 fully saturated rings. The predicted molar refractivity (Wildman–Crippen MR) is 249 cm³/mol. The van der Waals surface area contributed by atoms with E-state index in [-0.39, 0.29) is 44.6 Å². The molecule has 0 unspecified atom stereocenters. The van der Waals surface area contributed by atoms with Crippen LogP contribution in [0.3, 0.4) is 0 Å². The van der Waals surface area contributed by atoms with Crippen LogP contribution in [0.2, 0.25) is 0 Å². The highest BCUT2D eigenvalue weighted by Crippen LogP contribution is 2.57. The molecule has 0 bridgehead atoms. The van der Waals surface area contributed by atoms with Crippen LogP contribution in [0.15, 0.2) is 59.0 Å². The summed E-state index contributed by atoms with van der Waals surface area (Å²) in [7, 11) is 0. The van der Waals surface area contributed by atoms with Crippen LogP contribution in [0.5, 0.6) is 11.7 Å². The Balaban J connectivity index is 1.49. The molecule has 0 saturated heterocycles. The molecule has 3 heterocycles. The maximum atomic E-state index is 7.22. The minimum Gasteiger partial charge on any atom is -0.427 e. The van der Waals surface area contributed by atoms with Gasteiger partial charge in [-0.15, -0.1) is 0 Å². The van der Waals surface area contributed by atoms with Gasteiger partial charge in [-0.25, -0.2) is 0 Å². The summed E-state index contributed by atoms with van der Waals surface area (Å²) >= 11 is 0. The van der Waals surface area contributed by atoms with Gasteiger partial charge in [0.25, 0.3) is 12.7 Å². The van der Waals surface area contributed by atoms with Gasteiger partial charge >= 0.3 is 0 Å². The van der Waals surface area contributed by atoms with Crippen LogP contribution in [-0.4, -0.2) is 6.71 Å². The van der Waals surface area contributed by atoms with Crippen molar-refractivity contribution in [3.63, 3.8) is 0 Å². The molecule has 5 aromatic rings. The lowest BCUT2D eigenvalue weighted by molar-refractivity contribution is 0.331. The van der Waals surface area contributed by atoms with Crippen LogP contribution < -0.4 is 26.0 Å². The largest absolute Gasteiger partial charge is 0.427 e. The van der Waals surface area contributed by atoms with Crippen molar-refractivity contribution in [2.45, 2.75) is 181 Å². The van der Waals surface area contributed by atoms with Crippen molar-refractivity contribution in [2.75, 3.05) is 4.90 Å². The summed E-state index contributed by atoms with van der Waals surface area (Å²) in [5.41, 5.74) is 18.4. The molecular formula is C54H68BNO2. The number of hydrogen-bond donors (Lipinski definition) is 0. The summed E-state index contributed by atoms with van der Waals surface area (Å²) in [6.07, 6.45) is 4.64. The molecular weight excluding hydrogens is 705 g/mol. The lowest BCUT2D eigenvalue weighted by atomic mass is 9.33. The van der Waals surface area contributed by atoms with Crippen LogP contribution in [0, 0.1) is 0 Å². The molecule has 0 amide bonds. The first-order valence-corrected chi connectivity index (χ1v) is 22.2. The van der Waals surface area contributed by atoms with Gasteiger partial charge in [-0.05, 0) is 138 Å². The average molecular weight is 774 g/mol. The van der Waals surface area contributed by atoms with Crippen molar-refractivity contribution in [3.05, 3.63) is 93.5 Å². The second kappa shape index (κ2) is 11.9. The molecule has 0 spiro atoms. The highest BCUT2D eigenvalue weighted by Gasteiger charge is 2.51. The van der Waals surface area contributed by atoms with Gasteiger partial charge in [0.1, 0.15) is 11.3 Å². The van der Waals surface area contributed by atoms with E-state index in [2.05, 4.69) is 177 Å². The molecule has 2 aliphatic heterocycles. The first-order chi connectivity index (χ1) is 26.6. The fraction of sp³-hybridized carbons (Fsp3) is 0.519. The molecule has 2 aliphatic carbocycles. The number of hydrogen-bond acceptors (Lipinski definition) is 3. The molecule has 0 saturated carbocycles. The van der Waals surface area contributed by atoms with Crippen molar-refractivity contribution < 1.29 is 9.15 Å². The van der Waals surface area contributed by atoms with Crippen molar-refractivity contribution >= 4 is 51.1 Å². The topological polar surface area (TPSA) is 25.6 Å². The first-order valence-electron chi connectivity index (χ1n) is 22.2. The minimum absolute atomic E-state index is 0.000585. The van der Waals surface area contributed by atoms with E-state index in [1.807, 2.05) is 0 Å². The zero-order valence-corrected chi connectivity index (χ0v) is 38.9. The van der Waals surface area contributed by atoms with E-state index in [9.17, 15) is 0 Å². The molecule has 0 atom stereocenters. The van der Waals surface area contributed by atoms with Gasteiger partial charge in [0.05, 0.1) is 5.69 Å². The summed E-state index contributed by atoms with van der Waals surface area (Å²) in [6.45, 7) is 40.8. The van der Waals surface area contributed by atoms with Crippen LogP contribution >= 0.6 is 0 Å². The van der Waals surface area contributed by atoms with Gasteiger partial charge in [0.2, 0.25) is 0 Å². The normalized spacial score (nSPS) is 19.8. The molecule has 0 N–H and O–H groups in total. The van der Waals surface area contributed by atoms with E-state index in [1.165, 1.54) is 90.6 Å². The maximum Gasteiger partial charge on any atom is 0.285 e. The van der Waals surface area contributed by atoms with Crippen LogP contribution in [0.25, 0.3) is 11.0 Å². The Labute approximate surface area is 350 Å². The van der Waals surface area contributed by atoms with Crippen molar-refractivity contribution in [1.82, 2.24) is 0 Å². The van der Waals surface area contributed by atoms with Gasteiger partial charge in [0, 0.05) is 22.2 Å². The number of anilines is 3. The number of fused-ring (bicyclic) bond motifs is 9. The lowest BCUT2D eigenvalue weighted by Gasteiger charge is -2.50. The van der Waals surface area contributed by atoms with Crippen LogP contribution in [0.4, 0.5) is 17.1 Å². The summed E-state index contributed by atoms with van der Waals surface area (Å²) in [5.74, 6) is 1.57. The summed E-state index contributed by atoms with van der Waals surface area (Å²) in [4.78, 5) is 2.75. The number of rotatable bonds is 1. The lowest BCUT2D eigenvalue weighted by Crippen LogP contribution is -2.60.